The fraction of sp³-hybridized carbons (Fsp3) is 0.550. The zero-order valence-electron chi connectivity index (χ0n) is 15.2. The number of rotatable bonds is 4. The third-order valence-corrected chi connectivity index (χ3v) is 5.20. The lowest BCUT2D eigenvalue weighted by Gasteiger charge is -2.34. The second-order valence-electron chi connectivity index (χ2n) is 7.18. The maximum Gasteiger partial charge on any atom is 0.308 e. The first kappa shape index (κ1) is 18.4. The van der Waals surface area contributed by atoms with Gasteiger partial charge in [-0.15, -0.1) is 0 Å². The van der Waals surface area contributed by atoms with Gasteiger partial charge >= 0.3 is 5.97 Å². The van der Waals surface area contributed by atoms with Gasteiger partial charge in [0.05, 0.1) is 0 Å². The minimum Gasteiger partial charge on any atom is -0.427 e. The van der Waals surface area contributed by atoms with Crippen LogP contribution in [0.2, 0.25) is 0 Å². The van der Waals surface area contributed by atoms with Gasteiger partial charge in [0, 0.05) is 37.5 Å². The van der Waals surface area contributed by atoms with Crippen LogP contribution in [-0.2, 0) is 9.59 Å². The summed E-state index contributed by atoms with van der Waals surface area (Å²) in [5.41, 5.74) is 0.466. The van der Waals surface area contributed by atoms with Crippen LogP contribution < -0.4 is 10.1 Å². The molecule has 2 aliphatic rings. The molecule has 0 atom stereocenters. The van der Waals surface area contributed by atoms with Crippen molar-refractivity contribution < 1.29 is 19.1 Å². The Morgan fingerprint density at radius 2 is 1.77 bits per heavy atom. The number of esters is 1. The fourth-order valence-electron chi connectivity index (χ4n) is 3.81. The Kier molecular flexibility index (Phi) is 5.91. The molecular weight excluding hydrogens is 332 g/mol. The van der Waals surface area contributed by atoms with E-state index in [1.165, 1.54) is 6.92 Å². The highest BCUT2D eigenvalue weighted by molar-refractivity contribution is 5.95. The lowest BCUT2D eigenvalue weighted by atomic mass is 10.0. The van der Waals surface area contributed by atoms with Crippen molar-refractivity contribution in [2.75, 3.05) is 13.1 Å². The number of benzene rings is 1. The number of likely N-dealkylation sites (tertiary alicyclic amines) is 1. The second-order valence-corrected chi connectivity index (χ2v) is 7.18. The Labute approximate surface area is 153 Å². The first-order chi connectivity index (χ1) is 12.5. The van der Waals surface area contributed by atoms with Crippen molar-refractivity contribution in [1.82, 2.24) is 10.2 Å². The highest BCUT2D eigenvalue weighted by atomic mass is 16.5. The van der Waals surface area contributed by atoms with Crippen LogP contribution >= 0.6 is 0 Å². The molecular formula is C20H26N2O4. The first-order valence-corrected chi connectivity index (χ1v) is 9.41. The number of carbonyl (C=O) groups excluding carboxylic acids is 3. The average Bonchev–Trinajstić information content (AvgIpc) is 3.16. The normalized spacial score (nSPS) is 18.6. The highest BCUT2D eigenvalue weighted by Crippen LogP contribution is 2.27. The molecule has 2 fully saturated rings. The van der Waals surface area contributed by atoms with Gasteiger partial charge in [-0.3, -0.25) is 14.4 Å². The molecule has 0 bridgehead atoms. The molecule has 26 heavy (non-hydrogen) atoms. The molecule has 140 valence electrons. The lowest BCUT2D eigenvalue weighted by Crippen LogP contribution is -2.47. The molecule has 2 amide bonds. The number of ether oxygens (including phenoxy) is 1. The summed E-state index contributed by atoms with van der Waals surface area (Å²) in [4.78, 5) is 37.9. The van der Waals surface area contributed by atoms with Crippen molar-refractivity contribution in [1.29, 1.82) is 0 Å². The van der Waals surface area contributed by atoms with Gasteiger partial charge in [0.25, 0.3) is 5.91 Å². The van der Waals surface area contributed by atoms with Gasteiger partial charge in [0.1, 0.15) is 5.75 Å². The molecule has 3 rings (SSSR count). The molecule has 0 aromatic heterocycles. The summed E-state index contributed by atoms with van der Waals surface area (Å²) in [6.45, 7) is 2.73. The van der Waals surface area contributed by atoms with Gasteiger partial charge in [-0.25, -0.2) is 0 Å². The molecule has 1 aromatic rings. The van der Waals surface area contributed by atoms with E-state index in [9.17, 15) is 14.4 Å². The average molecular weight is 358 g/mol. The summed E-state index contributed by atoms with van der Waals surface area (Å²) in [6.07, 6.45) is 5.91. The van der Waals surface area contributed by atoms with Gasteiger partial charge in [0.15, 0.2) is 0 Å². The number of nitrogens with one attached hydrogen (secondary N) is 1. The molecule has 1 N–H and O–H groups in total. The zero-order chi connectivity index (χ0) is 18.5. The van der Waals surface area contributed by atoms with E-state index < -0.39 is 5.97 Å². The van der Waals surface area contributed by atoms with Crippen LogP contribution in [-0.4, -0.2) is 41.8 Å². The molecule has 1 aliphatic carbocycles. The van der Waals surface area contributed by atoms with E-state index in [4.69, 9.17) is 4.74 Å². The van der Waals surface area contributed by atoms with E-state index >= 15 is 0 Å². The number of carbonyl (C=O) groups is 3. The fourth-order valence-corrected chi connectivity index (χ4v) is 3.81. The molecule has 0 spiro atoms. The van der Waals surface area contributed by atoms with Crippen LogP contribution in [0.25, 0.3) is 0 Å². The SMILES string of the molecule is CC(=O)Oc1cccc(C(=O)NC2CCN(C(=O)C3CCCC3)CC2)c1. The lowest BCUT2D eigenvalue weighted by molar-refractivity contribution is -0.136. The van der Waals surface area contributed by atoms with Crippen LogP contribution in [0.1, 0.15) is 55.8 Å². The van der Waals surface area contributed by atoms with Gasteiger partial charge in [0.2, 0.25) is 5.91 Å². The summed E-state index contributed by atoms with van der Waals surface area (Å²) < 4.78 is 5.02. The van der Waals surface area contributed by atoms with Crippen molar-refractivity contribution in [2.24, 2.45) is 5.92 Å². The molecule has 6 heteroatoms. The van der Waals surface area contributed by atoms with Crippen LogP contribution in [0.15, 0.2) is 24.3 Å². The topological polar surface area (TPSA) is 75.7 Å². The summed E-state index contributed by atoms with van der Waals surface area (Å²) in [7, 11) is 0. The van der Waals surface area contributed by atoms with Crippen molar-refractivity contribution in [3.63, 3.8) is 0 Å². The minimum atomic E-state index is -0.415. The van der Waals surface area contributed by atoms with E-state index in [0.717, 1.165) is 38.5 Å². The van der Waals surface area contributed by atoms with Crippen molar-refractivity contribution in [3.05, 3.63) is 29.8 Å². The molecule has 0 unspecified atom stereocenters. The number of amides is 2. The Hall–Kier alpha value is -2.37. The van der Waals surface area contributed by atoms with E-state index in [0.29, 0.717) is 30.3 Å². The Morgan fingerprint density at radius 3 is 2.42 bits per heavy atom. The minimum absolute atomic E-state index is 0.0625. The second kappa shape index (κ2) is 8.34. The van der Waals surface area contributed by atoms with E-state index in [1.807, 2.05) is 4.90 Å². The number of hydrogen-bond donors (Lipinski definition) is 1. The quantitative estimate of drug-likeness (QED) is 0.663. The standard InChI is InChI=1S/C20H26N2O4/c1-14(23)26-18-8-4-7-16(13-18)19(24)21-17-9-11-22(12-10-17)20(25)15-5-2-3-6-15/h4,7-8,13,15,17H,2-3,5-6,9-12H2,1H3,(H,21,24). The number of piperidine rings is 1. The number of hydrogen-bond acceptors (Lipinski definition) is 4. The maximum atomic E-state index is 12.5. The molecule has 1 aliphatic heterocycles. The van der Waals surface area contributed by atoms with Crippen molar-refractivity contribution in [3.8, 4) is 5.75 Å². The molecule has 1 saturated heterocycles. The van der Waals surface area contributed by atoms with Gasteiger partial charge < -0.3 is 15.0 Å². The van der Waals surface area contributed by atoms with Crippen molar-refractivity contribution in [2.45, 2.75) is 51.5 Å². The molecule has 1 aromatic carbocycles. The van der Waals surface area contributed by atoms with Gasteiger partial charge in [-0.1, -0.05) is 18.9 Å². The summed E-state index contributed by atoms with van der Waals surface area (Å²) in [5.74, 6) is 0.273. The third kappa shape index (κ3) is 4.62. The maximum absolute atomic E-state index is 12.5. The Morgan fingerprint density at radius 1 is 1.08 bits per heavy atom. The monoisotopic (exact) mass is 358 g/mol. The Bertz CT molecular complexity index is 674. The first-order valence-electron chi connectivity index (χ1n) is 9.41. The largest absolute Gasteiger partial charge is 0.427 e. The molecule has 0 radical (unpaired) electrons. The predicted molar refractivity (Wildman–Crippen MR) is 96.8 cm³/mol. The molecule has 1 saturated carbocycles. The number of nitrogens with zero attached hydrogens (tertiary/aromatic N) is 1. The summed E-state index contributed by atoms with van der Waals surface area (Å²) in [5, 5.41) is 3.03. The van der Waals surface area contributed by atoms with Gasteiger partial charge in [-0.05, 0) is 43.9 Å². The molecule has 1 heterocycles. The smallest absolute Gasteiger partial charge is 0.308 e. The predicted octanol–water partition coefficient (Wildman–Crippen LogP) is 2.52. The van der Waals surface area contributed by atoms with Gasteiger partial charge in [-0.2, -0.15) is 0 Å². The zero-order valence-corrected chi connectivity index (χ0v) is 15.2. The highest BCUT2D eigenvalue weighted by Gasteiger charge is 2.30. The Balaban J connectivity index is 1.50. The van der Waals surface area contributed by atoms with Crippen LogP contribution in [0, 0.1) is 5.92 Å². The summed E-state index contributed by atoms with van der Waals surface area (Å²) in [6, 6.07) is 6.66. The van der Waals surface area contributed by atoms with Crippen LogP contribution in [0.5, 0.6) is 5.75 Å². The third-order valence-electron chi connectivity index (χ3n) is 5.20. The van der Waals surface area contributed by atoms with E-state index in [2.05, 4.69) is 5.32 Å². The van der Waals surface area contributed by atoms with Crippen LogP contribution in [0.3, 0.4) is 0 Å². The van der Waals surface area contributed by atoms with Crippen LogP contribution in [0.4, 0.5) is 0 Å². The molecule has 6 nitrogen and oxygen atoms in total. The summed E-state index contributed by atoms with van der Waals surface area (Å²) >= 11 is 0. The van der Waals surface area contributed by atoms with E-state index in [-0.39, 0.29) is 17.9 Å². The van der Waals surface area contributed by atoms with E-state index in [1.54, 1.807) is 24.3 Å². The van der Waals surface area contributed by atoms with Crippen molar-refractivity contribution >= 4 is 17.8 Å².